The Morgan fingerprint density at radius 2 is 2.00 bits per heavy atom. The molecule has 0 aromatic heterocycles. The van der Waals surface area contributed by atoms with Gasteiger partial charge in [0, 0.05) is 23.0 Å². The molecule has 2 fully saturated rings. The molecule has 0 bridgehead atoms. The molecule has 1 saturated heterocycles. The molecule has 27 heavy (non-hydrogen) atoms. The maximum absolute atomic E-state index is 12.5. The highest BCUT2D eigenvalue weighted by Gasteiger charge is 2.69. The Hall–Kier alpha value is -2.21. The van der Waals surface area contributed by atoms with E-state index in [1.165, 1.54) is 24.3 Å². The SMILES string of the molecule is CC1(C)CCC[C@]2(C)[C@@H]1[C@H](OC(=O)/C=C/C=C/C=O)C=C1COC(=O)[C@]12O. The molecule has 2 aliphatic carbocycles. The number of hydrogen-bond donors (Lipinski definition) is 1. The third-order valence-electron chi connectivity index (χ3n) is 6.47. The Morgan fingerprint density at radius 3 is 2.70 bits per heavy atom. The summed E-state index contributed by atoms with van der Waals surface area (Å²) in [6.45, 7) is 6.09. The van der Waals surface area contributed by atoms with Gasteiger partial charge in [-0.05, 0) is 30.4 Å². The highest BCUT2D eigenvalue weighted by molar-refractivity contribution is 5.88. The molecule has 4 atom stereocenters. The van der Waals surface area contributed by atoms with Crippen molar-refractivity contribution in [1.29, 1.82) is 0 Å². The van der Waals surface area contributed by atoms with Crippen molar-refractivity contribution in [3.8, 4) is 0 Å². The summed E-state index contributed by atoms with van der Waals surface area (Å²) in [6, 6.07) is 0. The van der Waals surface area contributed by atoms with Gasteiger partial charge in [-0.1, -0.05) is 39.3 Å². The van der Waals surface area contributed by atoms with Gasteiger partial charge in [0.1, 0.15) is 19.0 Å². The van der Waals surface area contributed by atoms with Gasteiger partial charge in [-0.15, -0.1) is 0 Å². The van der Waals surface area contributed by atoms with Crippen molar-refractivity contribution in [3.05, 3.63) is 36.0 Å². The van der Waals surface area contributed by atoms with Gasteiger partial charge in [-0.25, -0.2) is 9.59 Å². The molecule has 1 heterocycles. The maximum Gasteiger partial charge on any atom is 0.343 e. The Kier molecular flexibility index (Phi) is 4.89. The van der Waals surface area contributed by atoms with Gasteiger partial charge < -0.3 is 14.6 Å². The predicted octanol–water partition coefficient (Wildman–Crippen LogP) is 2.27. The molecule has 3 aliphatic rings. The zero-order valence-corrected chi connectivity index (χ0v) is 15.9. The van der Waals surface area contributed by atoms with Gasteiger partial charge in [-0.3, -0.25) is 4.79 Å². The van der Waals surface area contributed by atoms with E-state index in [9.17, 15) is 19.5 Å². The van der Waals surface area contributed by atoms with Gasteiger partial charge in [0.05, 0.1) is 0 Å². The fraction of sp³-hybridized carbons (Fsp3) is 0.571. The van der Waals surface area contributed by atoms with E-state index in [1.54, 1.807) is 6.08 Å². The van der Waals surface area contributed by atoms with Gasteiger partial charge >= 0.3 is 11.9 Å². The second-order valence-electron chi connectivity index (χ2n) is 8.50. The molecule has 0 aromatic carbocycles. The van der Waals surface area contributed by atoms with Crippen LogP contribution in [0.5, 0.6) is 0 Å². The Labute approximate surface area is 158 Å². The van der Waals surface area contributed by atoms with Crippen LogP contribution in [-0.4, -0.2) is 41.6 Å². The zero-order valence-electron chi connectivity index (χ0n) is 15.9. The third-order valence-corrected chi connectivity index (χ3v) is 6.47. The average Bonchev–Trinajstić information content (AvgIpc) is 2.88. The van der Waals surface area contributed by atoms with E-state index in [4.69, 9.17) is 9.47 Å². The molecule has 0 radical (unpaired) electrons. The van der Waals surface area contributed by atoms with Crippen LogP contribution in [0.2, 0.25) is 0 Å². The molecule has 0 amide bonds. The lowest BCUT2D eigenvalue weighted by atomic mass is 9.46. The van der Waals surface area contributed by atoms with Gasteiger partial charge in [0.25, 0.3) is 0 Å². The van der Waals surface area contributed by atoms with Crippen molar-refractivity contribution in [2.45, 2.75) is 51.7 Å². The topological polar surface area (TPSA) is 89.9 Å². The van der Waals surface area contributed by atoms with Crippen molar-refractivity contribution in [2.24, 2.45) is 16.7 Å². The first kappa shape index (κ1) is 19.5. The van der Waals surface area contributed by atoms with Crippen molar-refractivity contribution in [3.63, 3.8) is 0 Å². The largest absolute Gasteiger partial charge is 0.459 e. The number of aliphatic hydroxyl groups is 1. The van der Waals surface area contributed by atoms with Crippen LogP contribution in [0.1, 0.15) is 40.0 Å². The van der Waals surface area contributed by atoms with Crippen molar-refractivity contribution in [2.75, 3.05) is 6.61 Å². The minimum atomic E-state index is -1.67. The summed E-state index contributed by atoms with van der Waals surface area (Å²) in [5, 5.41) is 11.4. The minimum Gasteiger partial charge on any atom is -0.459 e. The fourth-order valence-electron chi connectivity index (χ4n) is 5.36. The molecule has 0 aromatic rings. The highest BCUT2D eigenvalue weighted by atomic mass is 16.6. The van der Waals surface area contributed by atoms with Crippen LogP contribution >= 0.6 is 0 Å². The standard InChI is InChI=1S/C21H26O6/c1-19(2)9-7-10-20(3)17(19)15(27-16(23)8-5-4-6-11-22)12-14-13-26-18(24)21(14,20)25/h4-6,8,11-12,15,17,25H,7,9-10,13H2,1-3H3/b6-4+,8-5+/t15-,17-,20-,21-/m1/s1. The number of cyclic esters (lactones) is 1. The molecule has 1 aliphatic heterocycles. The van der Waals surface area contributed by atoms with Crippen molar-refractivity contribution >= 4 is 18.2 Å². The molecule has 146 valence electrons. The van der Waals surface area contributed by atoms with Crippen LogP contribution in [0.3, 0.4) is 0 Å². The summed E-state index contributed by atoms with van der Waals surface area (Å²) in [7, 11) is 0. The summed E-state index contributed by atoms with van der Waals surface area (Å²) < 4.78 is 10.9. The first-order valence-electron chi connectivity index (χ1n) is 9.27. The first-order valence-corrected chi connectivity index (χ1v) is 9.27. The molecular weight excluding hydrogens is 348 g/mol. The highest BCUT2D eigenvalue weighted by Crippen LogP contribution is 2.63. The van der Waals surface area contributed by atoms with E-state index < -0.39 is 29.1 Å². The van der Waals surface area contributed by atoms with Crippen LogP contribution in [0.4, 0.5) is 0 Å². The number of allylic oxidation sites excluding steroid dienone is 3. The number of hydrogen-bond acceptors (Lipinski definition) is 6. The Balaban J connectivity index is 1.98. The van der Waals surface area contributed by atoms with E-state index in [2.05, 4.69) is 13.8 Å². The quantitative estimate of drug-likeness (QED) is 0.267. The van der Waals surface area contributed by atoms with Crippen LogP contribution in [0.25, 0.3) is 0 Å². The summed E-state index contributed by atoms with van der Waals surface area (Å²) in [5.41, 5.74) is -2.20. The van der Waals surface area contributed by atoms with E-state index >= 15 is 0 Å². The third kappa shape index (κ3) is 2.96. The lowest BCUT2D eigenvalue weighted by Crippen LogP contribution is -2.65. The van der Waals surface area contributed by atoms with Crippen molar-refractivity contribution in [1.82, 2.24) is 0 Å². The van der Waals surface area contributed by atoms with E-state index in [1.807, 2.05) is 6.92 Å². The fourth-order valence-corrected chi connectivity index (χ4v) is 5.36. The second kappa shape index (κ2) is 6.75. The molecule has 1 saturated carbocycles. The number of rotatable bonds is 4. The summed E-state index contributed by atoms with van der Waals surface area (Å²) in [4.78, 5) is 35.0. The molecule has 0 unspecified atom stereocenters. The van der Waals surface area contributed by atoms with Crippen LogP contribution in [-0.2, 0) is 23.9 Å². The first-order chi connectivity index (χ1) is 12.7. The molecule has 6 heteroatoms. The number of esters is 2. The predicted molar refractivity (Wildman–Crippen MR) is 97.4 cm³/mol. The van der Waals surface area contributed by atoms with Gasteiger partial charge in [0.15, 0.2) is 5.60 Å². The lowest BCUT2D eigenvalue weighted by Gasteiger charge is -2.59. The van der Waals surface area contributed by atoms with E-state index in [0.29, 0.717) is 18.3 Å². The average molecular weight is 374 g/mol. The van der Waals surface area contributed by atoms with Gasteiger partial charge in [-0.2, -0.15) is 0 Å². The van der Waals surface area contributed by atoms with Crippen LogP contribution < -0.4 is 0 Å². The molecular formula is C21H26O6. The number of aldehydes is 1. The van der Waals surface area contributed by atoms with Gasteiger partial charge in [0.2, 0.25) is 0 Å². The van der Waals surface area contributed by atoms with Crippen molar-refractivity contribution < 1.29 is 29.0 Å². The molecule has 1 N–H and O–H groups in total. The summed E-state index contributed by atoms with van der Waals surface area (Å²) in [5.74, 6) is -1.38. The zero-order chi connectivity index (χ0) is 19.9. The normalized spacial score (nSPS) is 37.5. The number of fused-ring (bicyclic) bond motifs is 3. The number of carbonyl (C=O) groups excluding carboxylic acids is 3. The van der Waals surface area contributed by atoms with Crippen LogP contribution in [0.15, 0.2) is 36.0 Å². The smallest absolute Gasteiger partial charge is 0.343 e. The monoisotopic (exact) mass is 374 g/mol. The van der Waals surface area contributed by atoms with Crippen LogP contribution in [0, 0.1) is 16.7 Å². The van der Waals surface area contributed by atoms with E-state index in [-0.39, 0.29) is 17.9 Å². The Bertz CT molecular complexity index is 746. The minimum absolute atomic E-state index is 0.0179. The summed E-state index contributed by atoms with van der Waals surface area (Å²) >= 11 is 0. The maximum atomic E-state index is 12.5. The molecule has 0 spiro atoms. The number of carbonyl (C=O) groups is 3. The Morgan fingerprint density at radius 1 is 1.26 bits per heavy atom. The van der Waals surface area contributed by atoms with E-state index in [0.717, 1.165) is 12.8 Å². The lowest BCUT2D eigenvalue weighted by molar-refractivity contribution is -0.194. The summed E-state index contributed by atoms with van der Waals surface area (Å²) in [6.07, 6.45) is 9.59. The molecule has 3 rings (SSSR count). The molecule has 6 nitrogen and oxygen atoms in total. The second-order valence-corrected chi connectivity index (χ2v) is 8.50. The number of ether oxygens (including phenoxy) is 2.